The highest BCUT2D eigenvalue weighted by Gasteiger charge is 2.23. The number of amides is 2. The topological polar surface area (TPSA) is 50.4 Å². The van der Waals surface area contributed by atoms with Crippen LogP contribution in [0.2, 0.25) is 0 Å². The summed E-state index contributed by atoms with van der Waals surface area (Å²) in [4.78, 5) is 11.9. The fourth-order valence-electron chi connectivity index (χ4n) is 2.75. The van der Waals surface area contributed by atoms with Crippen molar-refractivity contribution in [3.63, 3.8) is 0 Å². The Morgan fingerprint density at radius 3 is 2.43 bits per heavy atom. The van der Waals surface area contributed by atoms with Gasteiger partial charge in [-0.25, -0.2) is 4.79 Å². The van der Waals surface area contributed by atoms with Gasteiger partial charge in [0.05, 0.1) is 7.11 Å². The number of urea groups is 1. The van der Waals surface area contributed by atoms with Gasteiger partial charge in [0.25, 0.3) is 0 Å². The molecule has 2 N–H and O–H groups in total. The fourth-order valence-corrected chi connectivity index (χ4v) is 2.75. The van der Waals surface area contributed by atoms with Gasteiger partial charge in [-0.1, -0.05) is 38.8 Å². The van der Waals surface area contributed by atoms with Gasteiger partial charge in [0.1, 0.15) is 5.75 Å². The minimum atomic E-state index is -0.112. The Morgan fingerprint density at radius 1 is 1.24 bits per heavy atom. The van der Waals surface area contributed by atoms with Gasteiger partial charge >= 0.3 is 6.03 Å². The zero-order valence-corrected chi connectivity index (χ0v) is 13.2. The molecule has 2 amide bonds. The number of carbonyl (C=O) groups excluding carboxylic acids is 1. The molecular formula is C17H26N2O2. The Morgan fingerprint density at radius 2 is 1.86 bits per heavy atom. The molecule has 1 saturated carbocycles. The van der Waals surface area contributed by atoms with Crippen LogP contribution >= 0.6 is 0 Å². The predicted molar refractivity (Wildman–Crippen MR) is 84.8 cm³/mol. The Bertz CT molecular complexity index is 462. The maximum absolute atomic E-state index is 11.9. The van der Waals surface area contributed by atoms with Crippen molar-refractivity contribution in [1.29, 1.82) is 0 Å². The van der Waals surface area contributed by atoms with Crippen molar-refractivity contribution >= 4 is 6.03 Å². The van der Waals surface area contributed by atoms with Crippen LogP contribution in [0.3, 0.4) is 0 Å². The van der Waals surface area contributed by atoms with Crippen LogP contribution in [0.4, 0.5) is 4.79 Å². The molecule has 0 radical (unpaired) electrons. The number of methoxy groups -OCH3 is 1. The standard InChI is InChI=1S/C17H26N2O2/c1-17(2,13-8-10-15(21-3)11-9-13)12-18-16(20)19-14-6-4-5-7-14/h8-11,14H,4-7,12H2,1-3H3,(H2,18,19,20). The molecular weight excluding hydrogens is 264 g/mol. The lowest BCUT2D eigenvalue weighted by atomic mass is 9.84. The highest BCUT2D eigenvalue weighted by molar-refractivity contribution is 5.74. The first-order valence-corrected chi connectivity index (χ1v) is 7.70. The summed E-state index contributed by atoms with van der Waals surface area (Å²) >= 11 is 0. The molecule has 2 rings (SSSR count). The van der Waals surface area contributed by atoms with Crippen LogP contribution in [-0.4, -0.2) is 25.7 Å². The van der Waals surface area contributed by atoms with E-state index in [-0.39, 0.29) is 11.4 Å². The molecule has 0 heterocycles. The average molecular weight is 290 g/mol. The van der Waals surface area contributed by atoms with Crippen LogP contribution in [0.25, 0.3) is 0 Å². The van der Waals surface area contributed by atoms with E-state index < -0.39 is 0 Å². The third-order valence-corrected chi connectivity index (χ3v) is 4.25. The minimum absolute atomic E-state index is 0.0523. The SMILES string of the molecule is COc1ccc(C(C)(C)CNC(=O)NC2CCCC2)cc1. The van der Waals surface area contributed by atoms with E-state index in [9.17, 15) is 4.79 Å². The highest BCUT2D eigenvalue weighted by Crippen LogP contribution is 2.24. The summed E-state index contributed by atoms with van der Waals surface area (Å²) in [6, 6.07) is 8.31. The molecule has 0 spiro atoms. The number of benzene rings is 1. The van der Waals surface area contributed by atoms with E-state index in [1.54, 1.807) is 7.11 Å². The van der Waals surface area contributed by atoms with E-state index >= 15 is 0 Å². The van der Waals surface area contributed by atoms with Gasteiger partial charge in [-0.2, -0.15) is 0 Å². The molecule has 1 aliphatic carbocycles. The molecule has 116 valence electrons. The first-order valence-electron chi connectivity index (χ1n) is 7.70. The number of ether oxygens (including phenoxy) is 1. The van der Waals surface area contributed by atoms with Crippen LogP contribution in [0.1, 0.15) is 45.1 Å². The van der Waals surface area contributed by atoms with Gasteiger partial charge in [-0.15, -0.1) is 0 Å². The predicted octanol–water partition coefficient (Wildman–Crippen LogP) is 3.21. The van der Waals surface area contributed by atoms with Crippen LogP contribution in [-0.2, 0) is 5.41 Å². The van der Waals surface area contributed by atoms with E-state index in [1.807, 2.05) is 12.1 Å². The molecule has 0 aliphatic heterocycles. The van der Waals surface area contributed by atoms with Crippen molar-refractivity contribution in [2.75, 3.05) is 13.7 Å². The Kier molecular flexibility index (Phi) is 5.10. The number of carbonyl (C=O) groups is 1. The third kappa shape index (κ3) is 4.38. The van der Waals surface area contributed by atoms with Crippen molar-refractivity contribution in [2.24, 2.45) is 0 Å². The maximum atomic E-state index is 11.9. The molecule has 0 bridgehead atoms. The molecule has 21 heavy (non-hydrogen) atoms. The summed E-state index contributed by atoms with van der Waals surface area (Å²) < 4.78 is 5.17. The van der Waals surface area contributed by atoms with Gasteiger partial charge in [-0.05, 0) is 30.5 Å². The molecule has 0 saturated heterocycles. The van der Waals surface area contributed by atoms with Crippen LogP contribution in [0.15, 0.2) is 24.3 Å². The summed E-state index contributed by atoms with van der Waals surface area (Å²) in [7, 11) is 1.66. The minimum Gasteiger partial charge on any atom is -0.497 e. The zero-order valence-electron chi connectivity index (χ0n) is 13.2. The molecule has 1 aliphatic rings. The van der Waals surface area contributed by atoms with Crippen molar-refractivity contribution in [1.82, 2.24) is 10.6 Å². The molecule has 4 heteroatoms. The molecule has 0 unspecified atom stereocenters. The van der Waals surface area contributed by atoms with Gasteiger partial charge in [0, 0.05) is 18.0 Å². The number of hydrogen-bond donors (Lipinski definition) is 2. The van der Waals surface area contributed by atoms with E-state index in [0.29, 0.717) is 12.6 Å². The summed E-state index contributed by atoms with van der Waals surface area (Å²) in [5.74, 6) is 0.849. The van der Waals surface area contributed by atoms with Crippen molar-refractivity contribution in [2.45, 2.75) is 51.0 Å². The van der Waals surface area contributed by atoms with Crippen LogP contribution < -0.4 is 15.4 Å². The average Bonchev–Trinajstić information content (AvgIpc) is 2.98. The molecule has 1 aromatic rings. The zero-order chi connectivity index (χ0) is 15.3. The second-order valence-corrected chi connectivity index (χ2v) is 6.42. The normalized spacial score (nSPS) is 15.8. The lowest BCUT2D eigenvalue weighted by molar-refractivity contribution is 0.234. The smallest absolute Gasteiger partial charge is 0.315 e. The number of nitrogens with one attached hydrogen (secondary N) is 2. The van der Waals surface area contributed by atoms with Gasteiger partial charge in [-0.3, -0.25) is 0 Å². The van der Waals surface area contributed by atoms with E-state index in [2.05, 4.69) is 36.6 Å². The number of rotatable bonds is 5. The second kappa shape index (κ2) is 6.83. The summed E-state index contributed by atoms with van der Waals surface area (Å²) in [5, 5.41) is 6.05. The summed E-state index contributed by atoms with van der Waals surface area (Å²) in [6.45, 7) is 4.87. The number of hydrogen-bond acceptors (Lipinski definition) is 2. The fraction of sp³-hybridized carbons (Fsp3) is 0.588. The van der Waals surface area contributed by atoms with Crippen molar-refractivity contribution in [3.05, 3.63) is 29.8 Å². The van der Waals surface area contributed by atoms with Gasteiger partial charge in [0.2, 0.25) is 0 Å². The van der Waals surface area contributed by atoms with Crippen LogP contribution in [0, 0.1) is 0 Å². The third-order valence-electron chi connectivity index (χ3n) is 4.25. The van der Waals surface area contributed by atoms with E-state index in [1.165, 1.54) is 18.4 Å². The van der Waals surface area contributed by atoms with E-state index in [0.717, 1.165) is 18.6 Å². The van der Waals surface area contributed by atoms with Crippen LogP contribution in [0.5, 0.6) is 5.75 Å². The largest absolute Gasteiger partial charge is 0.497 e. The maximum Gasteiger partial charge on any atom is 0.315 e. The molecule has 0 aromatic heterocycles. The second-order valence-electron chi connectivity index (χ2n) is 6.42. The quantitative estimate of drug-likeness (QED) is 0.875. The molecule has 4 nitrogen and oxygen atoms in total. The first-order chi connectivity index (χ1) is 10.0. The van der Waals surface area contributed by atoms with E-state index in [4.69, 9.17) is 4.74 Å². The van der Waals surface area contributed by atoms with Crippen molar-refractivity contribution in [3.8, 4) is 5.75 Å². The lowest BCUT2D eigenvalue weighted by Crippen LogP contribution is -2.45. The Hall–Kier alpha value is -1.71. The molecule has 0 atom stereocenters. The monoisotopic (exact) mass is 290 g/mol. The Balaban J connectivity index is 1.85. The molecule has 1 aromatic carbocycles. The van der Waals surface area contributed by atoms with Gasteiger partial charge in [0.15, 0.2) is 0 Å². The van der Waals surface area contributed by atoms with Gasteiger partial charge < -0.3 is 15.4 Å². The molecule has 1 fully saturated rings. The summed E-state index contributed by atoms with van der Waals surface area (Å²) in [5.41, 5.74) is 1.07. The summed E-state index contributed by atoms with van der Waals surface area (Å²) in [6.07, 6.45) is 4.66. The lowest BCUT2D eigenvalue weighted by Gasteiger charge is -2.26. The van der Waals surface area contributed by atoms with Crippen molar-refractivity contribution < 1.29 is 9.53 Å². The first kappa shape index (κ1) is 15.7. The highest BCUT2D eigenvalue weighted by atomic mass is 16.5. The Labute approximate surface area is 127 Å².